The number of halogens is 1. The molecule has 0 aromatic heterocycles. The zero-order chi connectivity index (χ0) is 16.4. The predicted molar refractivity (Wildman–Crippen MR) is 91.6 cm³/mol. The van der Waals surface area contributed by atoms with Crippen molar-refractivity contribution in [2.75, 3.05) is 23.7 Å². The summed E-state index contributed by atoms with van der Waals surface area (Å²) >= 11 is 6.17. The zero-order valence-corrected chi connectivity index (χ0v) is 14.0. The van der Waals surface area contributed by atoms with Crippen LogP contribution in [0, 0.1) is 11.3 Å². The molecule has 1 heterocycles. The molecule has 5 nitrogen and oxygen atoms in total. The highest BCUT2D eigenvalue weighted by Gasteiger charge is 2.49. The fraction of sp³-hybridized carbons (Fsp3) is 0.529. The third-order valence-electron chi connectivity index (χ3n) is 5.03. The highest BCUT2D eigenvalue weighted by atomic mass is 35.5. The second-order valence-corrected chi connectivity index (χ2v) is 6.97. The maximum atomic E-state index is 12.9. The van der Waals surface area contributed by atoms with Crippen LogP contribution >= 0.6 is 11.6 Å². The van der Waals surface area contributed by atoms with Crippen LogP contribution in [0.3, 0.4) is 0 Å². The fourth-order valence-electron chi connectivity index (χ4n) is 3.83. The summed E-state index contributed by atoms with van der Waals surface area (Å²) in [6.45, 7) is 3.11. The Kier molecular flexibility index (Phi) is 4.60. The molecule has 0 radical (unpaired) electrons. The smallest absolute Gasteiger partial charge is 0.232 e. The number of hydrogen-bond donors (Lipinski definition) is 3. The quantitative estimate of drug-likeness (QED) is 0.795. The van der Waals surface area contributed by atoms with Crippen LogP contribution in [0.5, 0.6) is 0 Å². The van der Waals surface area contributed by atoms with Gasteiger partial charge in [0.1, 0.15) is 0 Å². The Bertz CT molecular complexity index is 634. The van der Waals surface area contributed by atoms with E-state index in [0.717, 1.165) is 32.4 Å². The van der Waals surface area contributed by atoms with Gasteiger partial charge in [-0.25, -0.2) is 0 Å². The molecule has 1 saturated heterocycles. The van der Waals surface area contributed by atoms with Crippen LogP contribution in [0.1, 0.15) is 32.6 Å². The van der Waals surface area contributed by atoms with Crippen LogP contribution in [0.25, 0.3) is 0 Å². The summed E-state index contributed by atoms with van der Waals surface area (Å²) in [5, 5.41) is 9.47. The van der Waals surface area contributed by atoms with E-state index >= 15 is 0 Å². The van der Waals surface area contributed by atoms with Gasteiger partial charge in [-0.1, -0.05) is 24.4 Å². The van der Waals surface area contributed by atoms with E-state index in [0.29, 0.717) is 22.3 Å². The van der Waals surface area contributed by atoms with Crippen molar-refractivity contribution in [2.45, 2.75) is 32.6 Å². The Hall–Kier alpha value is -1.59. The SMILES string of the molecule is CC(=O)Nc1ccc(NC(=O)[C@@]23CCCC[C@H]2CNC3)cc1Cl. The van der Waals surface area contributed by atoms with Gasteiger partial charge in [-0.3, -0.25) is 9.59 Å². The molecular formula is C17H22ClN3O2. The molecule has 1 aromatic carbocycles. The van der Waals surface area contributed by atoms with E-state index in [1.807, 2.05) is 0 Å². The lowest BCUT2D eigenvalue weighted by Crippen LogP contribution is -2.44. The van der Waals surface area contributed by atoms with E-state index in [-0.39, 0.29) is 17.2 Å². The van der Waals surface area contributed by atoms with Crippen LogP contribution < -0.4 is 16.0 Å². The molecule has 2 amide bonds. The van der Waals surface area contributed by atoms with E-state index in [1.165, 1.54) is 13.3 Å². The van der Waals surface area contributed by atoms with Gasteiger partial charge in [-0.2, -0.15) is 0 Å². The van der Waals surface area contributed by atoms with Gasteiger partial charge in [0.2, 0.25) is 11.8 Å². The van der Waals surface area contributed by atoms with Crippen molar-refractivity contribution in [3.8, 4) is 0 Å². The summed E-state index contributed by atoms with van der Waals surface area (Å²) in [7, 11) is 0. The monoisotopic (exact) mass is 335 g/mol. The molecule has 1 saturated carbocycles. The van der Waals surface area contributed by atoms with Gasteiger partial charge in [0.05, 0.1) is 16.1 Å². The normalized spacial score (nSPS) is 26.4. The molecular weight excluding hydrogens is 314 g/mol. The maximum absolute atomic E-state index is 12.9. The Morgan fingerprint density at radius 1 is 1.30 bits per heavy atom. The van der Waals surface area contributed by atoms with Crippen LogP contribution in [-0.4, -0.2) is 24.9 Å². The minimum absolute atomic E-state index is 0.0792. The first-order valence-corrected chi connectivity index (χ1v) is 8.48. The highest BCUT2D eigenvalue weighted by molar-refractivity contribution is 6.34. The number of carbonyl (C=O) groups is 2. The van der Waals surface area contributed by atoms with Gasteiger partial charge in [0, 0.05) is 19.2 Å². The second kappa shape index (κ2) is 6.49. The first-order chi connectivity index (χ1) is 11.0. The van der Waals surface area contributed by atoms with Gasteiger partial charge in [0.25, 0.3) is 0 Å². The molecule has 2 aliphatic rings. The van der Waals surface area contributed by atoms with Gasteiger partial charge in [-0.15, -0.1) is 0 Å². The van der Waals surface area contributed by atoms with Crippen molar-refractivity contribution in [1.29, 1.82) is 0 Å². The van der Waals surface area contributed by atoms with Crippen molar-refractivity contribution >= 4 is 34.8 Å². The lowest BCUT2D eigenvalue weighted by Gasteiger charge is -2.37. The first-order valence-electron chi connectivity index (χ1n) is 8.10. The topological polar surface area (TPSA) is 70.2 Å². The van der Waals surface area contributed by atoms with E-state index in [9.17, 15) is 9.59 Å². The zero-order valence-electron chi connectivity index (χ0n) is 13.2. The van der Waals surface area contributed by atoms with Crippen LogP contribution in [0.4, 0.5) is 11.4 Å². The average Bonchev–Trinajstić information content (AvgIpc) is 2.95. The Morgan fingerprint density at radius 2 is 2.13 bits per heavy atom. The minimum atomic E-state index is -0.291. The molecule has 1 aromatic rings. The summed E-state index contributed by atoms with van der Waals surface area (Å²) < 4.78 is 0. The molecule has 2 atom stereocenters. The van der Waals surface area contributed by atoms with Crippen LogP contribution in [-0.2, 0) is 9.59 Å². The van der Waals surface area contributed by atoms with Crippen molar-refractivity contribution in [2.24, 2.45) is 11.3 Å². The maximum Gasteiger partial charge on any atom is 0.232 e. The third kappa shape index (κ3) is 3.21. The number of carbonyl (C=O) groups excluding carboxylic acids is 2. The number of hydrogen-bond acceptors (Lipinski definition) is 3. The number of fused-ring (bicyclic) bond motifs is 1. The first kappa shape index (κ1) is 16.3. The molecule has 23 heavy (non-hydrogen) atoms. The van der Waals surface area contributed by atoms with Crippen molar-refractivity contribution in [3.63, 3.8) is 0 Å². The standard InChI is InChI=1S/C17H22ClN3O2/c1-11(22)20-15-6-5-13(8-14(15)18)21-16(23)17-7-3-2-4-12(17)9-19-10-17/h5-6,8,12,19H,2-4,7,9-10H2,1H3,(H,20,22)(H,21,23)/t12-,17+/m0/s1. The summed E-state index contributed by atoms with van der Waals surface area (Å²) in [6.07, 6.45) is 4.36. The van der Waals surface area contributed by atoms with E-state index in [4.69, 9.17) is 11.6 Å². The molecule has 0 bridgehead atoms. The van der Waals surface area contributed by atoms with E-state index in [2.05, 4.69) is 16.0 Å². The highest BCUT2D eigenvalue weighted by Crippen LogP contribution is 2.44. The average molecular weight is 336 g/mol. The minimum Gasteiger partial charge on any atom is -0.326 e. The molecule has 1 aliphatic carbocycles. The summed E-state index contributed by atoms with van der Waals surface area (Å²) in [5.74, 6) is 0.325. The fourth-order valence-corrected chi connectivity index (χ4v) is 4.06. The molecule has 0 spiro atoms. The number of nitrogens with one attached hydrogen (secondary N) is 3. The lowest BCUT2D eigenvalue weighted by molar-refractivity contribution is -0.128. The molecule has 124 valence electrons. The number of benzene rings is 1. The van der Waals surface area contributed by atoms with Gasteiger partial charge in [0.15, 0.2) is 0 Å². The van der Waals surface area contributed by atoms with Gasteiger partial charge in [-0.05, 0) is 43.5 Å². The molecule has 3 rings (SSSR count). The van der Waals surface area contributed by atoms with E-state index < -0.39 is 0 Å². The van der Waals surface area contributed by atoms with Gasteiger partial charge >= 0.3 is 0 Å². The third-order valence-corrected chi connectivity index (χ3v) is 5.34. The predicted octanol–water partition coefficient (Wildman–Crippen LogP) is 3.02. The molecule has 3 N–H and O–H groups in total. The van der Waals surface area contributed by atoms with Crippen LogP contribution in [0.15, 0.2) is 18.2 Å². The van der Waals surface area contributed by atoms with Crippen molar-refractivity contribution in [1.82, 2.24) is 5.32 Å². The Labute approximate surface area is 141 Å². The van der Waals surface area contributed by atoms with Crippen LogP contribution in [0.2, 0.25) is 5.02 Å². The summed E-state index contributed by atoms with van der Waals surface area (Å²) in [4.78, 5) is 24.0. The number of amides is 2. The number of rotatable bonds is 3. The molecule has 1 aliphatic heterocycles. The summed E-state index contributed by atoms with van der Waals surface area (Å²) in [6, 6.07) is 5.16. The molecule has 6 heteroatoms. The van der Waals surface area contributed by atoms with Crippen molar-refractivity contribution in [3.05, 3.63) is 23.2 Å². The molecule has 0 unspecified atom stereocenters. The Morgan fingerprint density at radius 3 is 2.87 bits per heavy atom. The Balaban J connectivity index is 1.75. The number of anilines is 2. The molecule has 2 fully saturated rings. The van der Waals surface area contributed by atoms with E-state index in [1.54, 1.807) is 18.2 Å². The van der Waals surface area contributed by atoms with Gasteiger partial charge < -0.3 is 16.0 Å². The largest absolute Gasteiger partial charge is 0.326 e. The van der Waals surface area contributed by atoms with Crippen molar-refractivity contribution < 1.29 is 9.59 Å². The summed E-state index contributed by atoms with van der Waals surface area (Å²) in [5.41, 5.74) is 0.925. The second-order valence-electron chi connectivity index (χ2n) is 6.56. The lowest BCUT2D eigenvalue weighted by atomic mass is 9.67.